The Hall–Kier alpha value is -2.03. The van der Waals surface area contributed by atoms with Gasteiger partial charge in [0.2, 0.25) is 11.8 Å². The highest BCUT2D eigenvalue weighted by molar-refractivity contribution is 6.32. The summed E-state index contributed by atoms with van der Waals surface area (Å²) in [5, 5.41) is 2.16. The Labute approximate surface area is 135 Å². The summed E-state index contributed by atoms with van der Waals surface area (Å²) in [6.07, 6.45) is -3.47. The normalized spacial score (nSPS) is 11.0. The number of alkyl halides is 3. The Kier molecular flexibility index (Phi) is 6.62. The zero-order valence-electron chi connectivity index (χ0n) is 12.4. The summed E-state index contributed by atoms with van der Waals surface area (Å²) in [5.74, 6) is -1.30. The predicted molar refractivity (Wildman–Crippen MR) is 76.4 cm³/mol. The van der Waals surface area contributed by atoms with Crippen LogP contribution in [0.25, 0.3) is 0 Å². The number of hydrogen-bond donors (Lipinski definition) is 1. The highest BCUT2D eigenvalue weighted by atomic mass is 35.5. The molecule has 1 rings (SSSR count). The lowest BCUT2D eigenvalue weighted by molar-refractivity contribution is -0.154. The molecule has 0 atom stereocenters. The van der Waals surface area contributed by atoms with E-state index in [2.05, 4.69) is 15.0 Å². The van der Waals surface area contributed by atoms with E-state index in [4.69, 9.17) is 11.6 Å². The molecule has 0 fully saturated rings. The van der Waals surface area contributed by atoms with Gasteiger partial charge in [-0.3, -0.25) is 9.59 Å². The van der Waals surface area contributed by atoms with Gasteiger partial charge in [-0.25, -0.2) is 4.98 Å². The second-order valence-corrected chi connectivity index (χ2v) is 4.81. The number of hydrogen-bond acceptors (Lipinski definition) is 4. The number of ether oxygens (including phenoxy) is 1. The minimum atomic E-state index is -4.52. The van der Waals surface area contributed by atoms with Crippen molar-refractivity contribution < 1.29 is 27.5 Å². The number of nitrogens with zero attached hydrogens (tertiary/aromatic N) is 2. The van der Waals surface area contributed by atoms with Gasteiger partial charge in [0.25, 0.3) is 5.91 Å². The third kappa shape index (κ3) is 5.93. The van der Waals surface area contributed by atoms with Crippen molar-refractivity contribution in [3.05, 3.63) is 22.8 Å². The summed E-state index contributed by atoms with van der Waals surface area (Å²) in [4.78, 5) is 28.4. The standard InChI is InChI=1S/C13H15ClF3N3O3/c1-3-20(6-10(21)18-2)12(22)8-4-9(14)11(19-5-8)23-7-13(15,16)17/h4-5H,3,6-7H2,1-2H3,(H,18,21). The number of likely N-dealkylation sites (N-methyl/N-ethyl adjacent to an activating group) is 2. The molecule has 0 aromatic carbocycles. The Morgan fingerprint density at radius 1 is 1.43 bits per heavy atom. The summed E-state index contributed by atoms with van der Waals surface area (Å²) in [5.41, 5.74) is 0.0418. The first-order valence-corrected chi connectivity index (χ1v) is 6.90. The molecule has 1 N–H and O–H groups in total. The third-order valence-electron chi connectivity index (χ3n) is 2.71. The monoisotopic (exact) mass is 353 g/mol. The van der Waals surface area contributed by atoms with Crippen LogP contribution in [0.3, 0.4) is 0 Å². The van der Waals surface area contributed by atoms with Gasteiger partial charge in [0, 0.05) is 19.8 Å². The molecule has 1 aromatic heterocycles. The van der Waals surface area contributed by atoms with Crippen molar-refractivity contribution in [3.63, 3.8) is 0 Å². The van der Waals surface area contributed by atoms with Crippen molar-refractivity contribution >= 4 is 23.4 Å². The molecule has 6 nitrogen and oxygen atoms in total. The van der Waals surface area contributed by atoms with Gasteiger partial charge in [-0.2, -0.15) is 13.2 Å². The molecule has 0 radical (unpaired) electrons. The fraction of sp³-hybridized carbons (Fsp3) is 0.462. The Bertz CT molecular complexity index is 581. The van der Waals surface area contributed by atoms with Crippen molar-refractivity contribution in [3.8, 4) is 5.88 Å². The van der Waals surface area contributed by atoms with Gasteiger partial charge in [0.15, 0.2) is 6.61 Å². The van der Waals surface area contributed by atoms with E-state index in [-0.39, 0.29) is 29.6 Å². The highest BCUT2D eigenvalue weighted by Gasteiger charge is 2.29. The summed E-state index contributed by atoms with van der Waals surface area (Å²) >= 11 is 5.78. The maximum Gasteiger partial charge on any atom is 0.422 e. The van der Waals surface area contributed by atoms with Gasteiger partial charge in [-0.1, -0.05) is 11.6 Å². The molecule has 0 aliphatic carbocycles. The van der Waals surface area contributed by atoms with Crippen molar-refractivity contribution in [2.75, 3.05) is 26.7 Å². The van der Waals surface area contributed by atoms with Crippen LogP contribution in [-0.4, -0.2) is 54.6 Å². The maximum absolute atomic E-state index is 12.2. The molecule has 0 saturated heterocycles. The lowest BCUT2D eigenvalue weighted by Gasteiger charge is -2.20. The Morgan fingerprint density at radius 2 is 2.09 bits per heavy atom. The van der Waals surface area contributed by atoms with Gasteiger partial charge in [0.05, 0.1) is 12.1 Å². The van der Waals surface area contributed by atoms with E-state index >= 15 is 0 Å². The zero-order valence-corrected chi connectivity index (χ0v) is 13.2. The van der Waals surface area contributed by atoms with Gasteiger partial charge in [-0.05, 0) is 13.0 Å². The predicted octanol–water partition coefficient (Wildman–Crippen LogP) is 1.88. The molecule has 0 spiro atoms. The van der Waals surface area contributed by atoms with E-state index in [9.17, 15) is 22.8 Å². The molecular weight excluding hydrogens is 339 g/mol. The van der Waals surface area contributed by atoms with Gasteiger partial charge >= 0.3 is 6.18 Å². The fourth-order valence-corrected chi connectivity index (χ4v) is 1.78. The van der Waals surface area contributed by atoms with Crippen LogP contribution < -0.4 is 10.1 Å². The summed E-state index contributed by atoms with van der Waals surface area (Å²) < 4.78 is 40.7. The molecule has 0 aliphatic rings. The third-order valence-corrected chi connectivity index (χ3v) is 2.98. The van der Waals surface area contributed by atoms with E-state index in [1.165, 1.54) is 11.9 Å². The topological polar surface area (TPSA) is 71.5 Å². The van der Waals surface area contributed by atoms with E-state index in [0.29, 0.717) is 0 Å². The number of carbonyl (C=O) groups is 2. The highest BCUT2D eigenvalue weighted by Crippen LogP contribution is 2.25. The molecule has 0 saturated carbocycles. The molecular formula is C13H15ClF3N3O3. The molecule has 1 aromatic rings. The first-order valence-electron chi connectivity index (χ1n) is 6.53. The number of aromatic nitrogens is 1. The van der Waals surface area contributed by atoms with E-state index in [1.54, 1.807) is 6.92 Å². The number of pyridine rings is 1. The van der Waals surface area contributed by atoms with Crippen LogP contribution in [0.5, 0.6) is 5.88 Å². The minimum Gasteiger partial charge on any atom is -0.467 e. The summed E-state index contributed by atoms with van der Waals surface area (Å²) in [6, 6.07) is 1.15. The largest absolute Gasteiger partial charge is 0.467 e. The Morgan fingerprint density at radius 3 is 2.57 bits per heavy atom. The fourth-order valence-electron chi connectivity index (χ4n) is 1.56. The summed E-state index contributed by atoms with van der Waals surface area (Å²) in [6.45, 7) is 0.243. The van der Waals surface area contributed by atoms with Crippen LogP contribution >= 0.6 is 11.6 Å². The first kappa shape index (κ1) is 19.0. The molecule has 2 amide bonds. The average Bonchev–Trinajstić information content (AvgIpc) is 2.49. The molecule has 128 valence electrons. The smallest absolute Gasteiger partial charge is 0.422 e. The molecule has 0 aliphatic heterocycles. The van der Waals surface area contributed by atoms with E-state index < -0.39 is 24.6 Å². The summed E-state index contributed by atoms with van der Waals surface area (Å²) in [7, 11) is 1.44. The quantitative estimate of drug-likeness (QED) is 0.847. The average molecular weight is 354 g/mol. The van der Waals surface area contributed by atoms with Crippen LogP contribution in [-0.2, 0) is 4.79 Å². The molecule has 1 heterocycles. The van der Waals surface area contributed by atoms with Crippen LogP contribution in [0.1, 0.15) is 17.3 Å². The molecule has 0 unspecified atom stereocenters. The number of rotatable bonds is 6. The lowest BCUT2D eigenvalue weighted by Crippen LogP contribution is -2.39. The van der Waals surface area contributed by atoms with Crippen LogP contribution in [0.15, 0.2) is 12.3 Å². The molecule has 23 heavy (non-hydrogen) atoms. The molecule has 0 bridgehead atoms. The van der Waals surface area contributed by atoms with E-state index in [1.807, 2.05) is 0 Å². The van der Waals surface area contributed by atoms with Gasteiger partial charge in [0.1, 0.15) is 5.02 Å². The van der Waals surface area contributed by atoms with Crippen molar-refractivity contribution in [1.29, 1.82) is 0 Å². The van der Waals surface area contributed by atoms with Gasteiger partial charge < -0.3 is 15.0 Å². The maximum atomic E-state index is 12.2. The van der Waals surface area contributed by atoms with Crippen molar-refractivity contribution in [2.24, 2.45) is 0 Å². The van der Waals surface area contributed by atoms with Crippen LogP contribution in [0, 0.1) is 0 Å². The van der Waals surface area contributed by atoms with Crippen molar-refractivity contribution in [2.45, 2.75) is 13.1 Å². The zero-order chi connectivity index (χ0) is 17.6. The van der Waals surface area contributed by atoms with Crippen LogP contribution in [0.4, 0.5) is 13.2 Å². The number of halogens is 4. The molecule has 10 heteroatoms. The number of amides is 2. The minimum absolute atomic E-state index is 0.0418. The van der Waals surface area contributed by atoms with Gasteiger partial charge in [-0.15, -0.1) is 0 Å². The number of nitrogens with one attached hydrogen (secondary N) is 1. The SMILES string of the molecule is CCN(CC(=O)NC)C(=O)c1cnc(OCC(F)(F)F)c(Cl)c1. The van der Waals surface area contributed by atoms with E-state index in [0.717, 1.165) is 12.3 Å². The lowest BCUT2D eigenvalue weighted by atomic mass is 10.2. The number of carbonyl (C=O) groups excluding carboxylic acids is 2. The second-order valence-electron chi connectivity index (χ2n) is 4.41. The second kappa shape index (κ2) is 8.00. The Balaban J connectivity index is 2.86. The first-order chi connectivity index (χ1) is 10.7. The van der Waals surface area contributed by atoms with Crippen molar-refractivity contribution in [1.82, 2.24) is 15.2 Å². The van der Waals surface area contributed by atoms with Crippen LogP contribution in [0.2, 0.25) is 5.02 Å².